The van der Waals surface area contributed by atoms with Crippen molar-refractivity contribution in [2.45, 2.75) is 18.9 Å². The lowest BCUT2D eigenvalue weighted by Crippen LogP contribution is -2.44. The molecule has 0 bridgehead atoms. The minimum atomic E-state index is -0.0371. The Hall–Kier alpha value is -2.18. The molecule has 1 aliphatic heterocycles. The van der Waals surface area contributed by atoms with Gasteiger partial charge in [0.25, 0.3) is 5.91 Å². The van der Waals surface area contributed by atoms with E-state index < -0.39 is 0 Å². The van der Waals surface area contributed by atoms with Gasteiger partial charge in [-0.15, -0.1) is 0 Å². The summed E-state index contributed by atoms with van der Waals surface area (Å²) in [5.74, 6) is 0.128. The fourth-order valence-electron chi connectivity index (χ4n) is 3.49. The van der Waals surface area contributed by atoms with Gasteiger partial charge in [0, 0.05) is 30.9 Å². The molecule has 2 amide bonds. The lowest BCUT2D eigenvalue weighted by atomic mass is 9.94. The summed E-state index contributed by atoms with van der Waals surface area (Å²) in [6.07, 6.45) is 1.43. The Labute approximate surface area is 165 Å². The second kappa shape index (κ2) is 9.15. The monoisotopic (exact) mass is 385 g/mol. The summed E-state index contributed by atoms with van der Waals surface area (Å²) in [4.78, 5) is 29.2. The van der Waals surface area contributed by atoms with Crippen molar-refractivity contribution in [1.82, 2.24) is 15.1 Å². The van der Waals surface area contributed by atoms with Gasteiger partial charge in [-0.25, -0.2) is 0 Å². The van der Waals surface area contributed by atoms with Crippen molar-refractivity contribution >= 4 is 23.2 Å². The van der Waals surface area contributed by atoms with E-state index in [4.69, 9.17) is 0 Å². The first-order valence-electron chi connectivity index (χ1n) is 9.36. The Morgan fingerprint density at radius 2 is 1.89 bits per heavy atom. The zero-order valence-electron chi connectivity index (χ0n) is 15.9. The summed E-state index contributed by atoms with van der Waals surface area (Å²) < 4.78 is 0. The van der Waals surface area contributed by atoms with Gasteiger partial charge in [0.2, 0.25) is 5.91 Å². The average Bonchev–Trinajstić information content (AvgIpc) is 3.22. The van der Waals surface area contributed by atoms with E-state index in [2.05, 4.69) is 22.3 Å². The van der Waals surface area contributed by atoms with Gasteiger partial charge >= 0.3 is 0 Å². The van der Waals surface area contributed by atoms with Gasteiger partial charge in [0.05, 0.1) is 11.6 Å². The number of nitrogens with zero attached hydrogens (tertiary/aromatic N) is 2. The van der Waals surface area contributed by atoms with Crippen LogP contribution in [0.25, 0.3) is 0 Å². The van der Waals surface area contributed by atoms with Gasteiger partial charge in [-0.2, -0.15) is 11.3 Å². The Kier molecular flexibility index (Phi) is 6.63. The fourth-order valence-corrected chi connectivity index (χ4v) is 4.12. The molecule has 6 heteroatoms. The van der Waals surface area contributed by atoms with Gasteiger partial charge in [0.1, 0.15) is 0 Å². The summed E-state index contributed by atoms with van der Waals surface area (Å²) >= 11 is 1.53. The Balaban J connectivity index is 1.57. The topological polar surface area (TPSA) is 52.7 Å². The maximum absolute atomic E-state index is 12.8. The number of amides is 2. The molecule has 5 nitrogen and oxygen atoms in total. The highest BCUT2D eigenvalue weighted by molar-refractivity contribution is 7.08. The summed E-state index contributed by atoms with van der Waals surface area (Å²) in [6.45, 7) is 2.03. The van der Waals surface area contributed by atoms with Gasteiger partial charge in [-0.3, -0.25) is 9.59 Å². The van der Waals surface area contributed by atoms with Gasteiger partial charge in [0.15, 0.2) is 0 Å². The van der Waals surface area contributed by atoms with E-state index >= 15 is 0 Å². The van der Waals surface area contributed by atoms with E-state index in [1.54, 1.807) is 0 Å². The SMILES string of the molecule is CN(C)CC(NC(=O)C1CCN(C(=O)c2ccsc2)CC1)c1ccccc1. The molecule has 0 saturated carbocycles. The average molecular weight is 386 g/mol. The third-order valence-corrected chi connectivity index (χ3v) is 5.67. The van der Waals surface area contributed by atoms with E-state index in [1.165, 1.54) is 11.3 Å². The summed E-state index contributed by atoms with van der Waals surface area (Å²) in [7, 11) is 4.02. The summed E-state index contributed by atoms with van der Waals surface area (Å²) in [6, 6.07) is 11.9. The Morgan fingerprint density at radius 1 is 1.19 bits per heavy atom. The molecular formula is C21H27N3O2S. The maximum Gasteiger partial charge on any atom is 0.254 e. The van der Waals surface area contributed by atoms with E-state index in [0.29, 0.717) is 25.9 Å². The maximum atomic E-state index is 12.8. The van der Waals surface area contributed by atoms with Crippen molar-refractivity contribution in [3.63, 3.8) is 0 Å². The number of carbonyl (C=O) groups excluding carboxylic acids is 2. The van der Waals surface area contributed by atoms with Crippen molar-refractivity contribution < 1.29 is 9.59 Å². The number of rotatable bonds is 6. The van der Waals surface area contributed by atoms with Crippen LogP contribution < -0.4 is 5.32 Å². The minimum absolute atomic E-state index is 0.0285. The number of likely N-dealkylation sites (tertiary alicyclic amines) is 1. The molecule has 144 valence electrons. The highest BCUT2D eigenvalue weighted by atomic mass is 32.1. The standard InChI is InChI=1S/C21H27N3O2S/c1-23(2)14-19(16-6-4-3-5-7-16)22-20(25)17-8-11-24(12-9-17)21(26)18-10-13-27-15-18/h3-7,10,13,15,17,19H,8-9,11-12,14H2,1-2H3,(H,22,25). The quantitative estimate of drug-likeness (QED) is 0.832. The molecular weight excluding hydrogens is 358 g/mol. The van der Waals surface area contributed by atoms with Crippen LogP contribution in [0, 0.1) is 5.92 Å². The van der Waals surface area contributed by atoms with Crippen LogP contribution in [0.15, 0.2) is 47.2 Å². The number of piperidine rings is 1. The number of likely N-dealkylation sites (N-methyl/N-ethyl adjacent to an activating group) is 1. The summed E-state index contributed by atoms with van der Waals surface area (Å²) in [5, 5.41) is 7.02. The molecule has 1 aromatic heterocycles. The van der Waals surface area contributed by atoms with Crippen LogP contribution in [0.5, 0.6) is 0 Å². The molecule has 1 atom stereocenters. The predicted molar refractivity (Wildman–Crippen MR) is 109 cm³/mol. The van der Waals surface area contributed by atoms with Crippen molar-refractivity contribution in [3.8, 4) is 0 Å². The lowest BCUT2D eigenvalue weighted by molar-refractivity contribution is -0.127. The molecule has 0 aliphatic carbocycles. The van der Waals surface area contributed by atoms with Gasteiger partial charge in [-0.05, 0) is 43.9 Å². The molecule has 1 fully saturated rings. The Bertz CT molecular complexity index is 738. The molecule has 1 unspecified atom stereocenters. The van der Waals surface area contributed by atoms with E-state index in [-0.39, 0.29) is 23.8 Å². The van der Waals surface area contributed by atoms with Gasteiger partial charge < -0.3 is 15.1 Å². The molecule has 1 aliphatic rings. The van der Waals surface area contributed by atoms with Crippen LogP contribution in [0.1, 0.15) is 34.8 Å². The zero-order chi connectivity index (χ0) is 19.2. The number of thiophene rings is 1. The number of benzene rings is 1. The van der Waals surface area contributed by atoms with Crippen LogP contribution in [-0.4, -0.2) is 55.3 Å². The molecule has 2 aromatic rings. The predicted octanol–water partition coefficient (Wildman–Crippen LogP) is 3.02. The van der Waals surface area contributed by atoms with E-state index in [9.17, 15) is 9.59 Å². The highest BCUT2D eigenvalue weighted by Crippen LogP contribution is 2.22. The second-order valence-corrected chi connectivity index (χ2v) is 8.09. The molecule has 0 radical (unpaired) electrons. The third-order valence-electron chi connectivity index (χ3n) is 4.99. The first-order valence-corrected chi connectivity index (χ1v) is 10.3. The zero-order valence-corrected chi connectivity index (χ0v) is 16.7. The minimum Gasteiger partial charge on any atom is -0.348 e. The number of hydrogen-bond donors (Lipinski definition) is 1. The van der Waals surface area contributed by atoms with Crippen LogP contribution >= 0.6 is 11.3 Å². The lowest BCUT2D eigenvalue weighted by Gasteiger charge is -2.32. The molecule has 2 heterocycles. The normalized spacial score (nSPS) is 16.3. The number of nitrogens with one attached hydrogen (secondary N) is 1. The number of carbonyl (C=O) groups is 2. The molecule has 1 aromatic carbocycles. The molecule has 3 rings (SSSR count). The van der Waals surface area contributed by atoms with E-state index in [0.717, 1.165) is 17.7 Å². The first kappa shape index (κ1) is 19.6. The van der Waals surface area contributed by atoms with Crippen molar-refractivity contribution in [2.24, 2.45) is 5.92 Å². The third kappa shape index (κ3) is 5.17. The molecule has 1 N–H and O–H groups in total. The molecule has 1 saturated heterocycles. The summed E-state index contributed by atoms with van der Waals surface area (Å²) in [5.41, 5.74) is 1.86. The van der Waals surface area contributed by atoms with Crippen LogP contribution in [0.4, 0.5) is 0 Å². The van der Waals surface area contributed by atoms with Crippen molar-refractivity contribution in [2.75, 3.05) is 33.7 Å². The van der Waals surface area contributed by atoms with Crippen LogP contribution in [0.3, 0.4) is 0 Å². The molecule has 0 spiro atoms. The fraction of sp³-hybridized carbons (Fsp3) is 0.429. The van der Waals surface area contributed by atoms with Crippen molar-refractivity contribution in [3.05, 3.63) is 58.3 Å². The van der Waals surface area contributed by atoms with E-state index in [1.807, 2.05) is 54.0 Å². The smallest absolute Gasteiger partial charge is 0.254 e. The highest BCUT2D eigenvalue weighted by Gasteiger charge is 2.29. The number of hydrogen-bond acceptors (Lipinski definition) is 4. The molecule has 27 heavy (non-hydrogen) atoms. The second-order valence-electron chi connectivity index (χ2n) is 7.31. The Morgan fingerprint density at radius 3 is 2.48 bits per heavy atom. The van der Waals surface area contributed by atoms with Crippen molar-refractivity contribution in [1.29, 1.82) is 0 Å². The van der Waals surface area contributed by atoms with Crippen LogP contribution in [0.2, 0.25) is 0 Å². The first-order chi connectivity index (χ1) is 13.0. The largest absolute Gasteiger partial charge is 0.348 e. The van der Waals surface area contributed by atoms with Gasteiger partial charge in [-0.1, -0.05) is 30.3 Å². The van der Waals surface area contributed by atoms with Crippen LogP contribution in [-0.2, 0) is 4.79 Å².